The molecule has 4 heteroatoms. The fraction of sp³-hybridized carbons (Fsp3) is 0.600. The third-order valence-electron chi connectivity index (χ3n) is 6.13. The predicted octanol–water partition coefficient (Wildman–Crippen LogP) is 4.40. The molecular formula is C20H26N2O2. The summed E-state index contributed by atoms with van der Waals surface area (Å²) in [6.07, 6.45) is 10.7. The number of carbonyl (C=O) groups is 1. The van der Waals surface area contributed by atoms with Crippen LogP contribution in [0.3, 0.4) is 0 Å². The van der Waals surface area contributed by atoms with Crippen molar-refractivity contribution in [3.05, 3.63) is 29.8 Å². The zero-order valence-corrected chi connectivity index (χ0v) is 14.5. The van der Waals surface area contributed by atoms with Crippen LogP contribution in [-0.2, 0) is 0 Å². The quantitative estimate of drug-likeness (QED) is 0.808. The first-order valence-electron chi connectivity index (χ1n) is 9.30. The van der Waals surface area contributed by atoms with Crippen LogP contribution in [0.4, 0.5) is 0 Å². The molecule has 24 heavy (non-hydrogen) atoms. The Hall–Kier alpha value is -1.84. The van der Waals surface area contributed by atoms with Gasteiger partial charge in [0, 0.05) is 17.2 Å². The van der Waals surface area contributed by atoms with Crippen molar-refractivity contribution in [2.24, 2.45) is 11.0 Å². The van der Waals surface area contributed by atoms with Gasteiger partial charge in [0.15, 0.2) is 0 Å². The molecule has 1 amide bonds. The van der Waals surface area contributed by atoms with E-state index in [0.29, 0.717) is 11.5 Å². The lowest BCUT2D eigenvalue weighted by Crippen LogP contribution is -2.52. The van der Waals surface area contributed by atoms with Crippen molar-refractivity contribution in [3.63, 3.8) is 0 Å². The summed E-state index contributed by atoms with van der Waals surface area (Å²) in [7, 11) is 1.64. The molecule has 2 saturated carbocycles. The van der Waals surface area contributed by atoms with Crippen LogP contribution in [0.25, 0.3) is 0 Å². The van der Waals surface area contributed by atoms with E-state index in [0.717, 1.165) is 25.0 Å². The molecule has 0 saturated heterocycles. The zero-order chi connectivity index (χ0) is 16.6. The van der Waals surface area contributed by atoms with E-state index < -0.39 is 0 Å². The lowest BCUT2D eigenvalue weighted by atomic mass is 9.67. The molecule has 1 atom stereocenters. The van der Waals surface area contributed by atoms with Crippen molar-refractivity contribution in [3.8, 4) is 5.75 Å². The molecule has 1 aromatic carbocycles. The number of nitrogens with zero attached hydrogens (tertiary/aromatic N) is 2. The Morgan fingerprint density at radius 1 is 1.12 bits per heavy atom. The van der Waals surface area contributed by atoms with Gasteiger partial charge in [-0.15, -0.1) is 0 Å². The minimum absolute atomic E-state index is 0.0506. The summed E-state index contributed by atoms with van der Waals surface area (Å²) in [6.45, 7) is 0. The van der Waals surface area contributed by atoms with E-state index >= 15 is 0 Å². The van der Waals surface area contributed by atoms with E-state index in [1.165, 1.54) is 44.2 Å². The molecule has 1 aromatic rings. The lowest BCUT2D eigenvalue weighted by molar-refractivity contribution is 0.0286. The highest BCUT2D eigenvalue weighted by molar-refractivity contribution is 5.99. The van der Waals surface area contributed by atoms with E-state index in [4.69, 9.17) is 9.84 Å². The first kappa shape index (κ1) is 15.7. The van der Waals surface area contributed by atoms with Crippen LogP contribution in [0, 0.1) is 5.92 Å². The molecule has 4 nitrogen and oxygen atoms in total. The summed E-state index contributed by atoms with van der Waals surface area (Å²) in [5.41, 5.74) is 1.94. The molecule has 3 aliphatic rings. The number of amides is 1. The second-order valence-electron chi connectivity index (χ2n) is 7.40. The summed E-state index contributed by atoms with van der Waals surface area (Å²) in [5.74, 6) is 1.33. The number of benzene rings is 1. The molecular weight excluding hydrogens is 300 g/mol. The number of hydrogen-bond donors (Lipinski definition) is 0. The molecule has 4 rings (SSSR count). The molecule has 0 unspecified atom stereocenters. The number of carbonyl (C=O) groups excluding carboxylic acids is 1. The SMILES string of the molecule is COc1ccc(C(=O)N2N=C3CCCC[C@H]3C23CCCCC3)cc1. The summed E-state index contributed by atoms with van der Waals surface area (Å²) < 4.78 is 5.21. The van der Waals surface area contributed by atoms with Crippen LogP contribution < -0.4 is 4.74 Å². The summed E-state index contributed by atoms with van der Waals surface area (Å²) in [6, 6.07) is 7.44. The topological polar surface area (TPSA) is 41.9 Å². The highest BCUT2D eigenvalue weighted by Crippen LogP contribution is 2.49. The molecule has 2 fully saturated rings. The Morgan fingerprint density at radius 2 is 1.88 bits per heavy atom. The van der Waals surface area contributed by atoms with Crippen LogP contribution >= 0.6 is 0 Å². The molecule has 1 aliphatic heterocycles. The van der Waals surface area contributed by atoms with Crippen molar-refractivity contribution in [2.75, 3.05) is 7.11 Å². The standard InChI is InChI=1S/C20H26N2O2/c1-24-16-11-9-15(10-12-16)19(23)22-20(13-5-2-6-14-20)17-7-3-4-8-18(17)21-22/h9-12,17H,2-8,13-14H2,1H3/t17-/m1/s1. The lowest BCUT2D eigenvalue weighted by Gasteiger charge is -2.44. The molecule has 0 aromatic heterocycles. The summed E-state index contributed by atoms with van der Waals surface area (Å²) >= 11 is 0. The van der Waals surface area contributed by atoms with Gasteiger partial charge in [0.2, 0.25) is 0 Å². The van der Waals surface area contributed by atoms with E-state index in [1.807, 2.05) is 29.3 Å². The molecule has 128 valence electrons. The number of rotatable bonds is 2. The summed E-state index contributed by atoms with van der Waals surface area (Å²) in [4.78, 5) is 13.2. The number of hydrazone groups is 1. The van der Waals surface area contributed by atoms with E-state index in [1.54, 1.807) is 7.11 Å². The van der Waals surface area contributed by atoms with Crippen molar-refractivity contribution in [1.29, 1.82) is 0 Å². The van der Waals surface area contributed by atoms with Gasteiger partial charge in [-0.3, -0.25) is 4.79 Å². The number of ether oxygens (including phenoxy) is 1. The van der Waals surface area contributed by atoms with Gasteiger partial charge in [0.05, 0.1) is 12.6 Å². The second-order valence-corrected chi connectivity index (χ2v) is 7.40. The minimum Gasteiger partial charge on any atom is -0.497 e. The Balaban J connectivity index is 1.68. The van der Waals surface area contributed by atoms with Crippen LogP contribution in [0.5, 0.6) is 5.75 Å². The Morgan fingerprint density at radius 3 is 2.58 bits per heavy atom. The van der Waals surface area contributed by atoms with E-state index in [-0.39, 0.29) is 11.4 Å². The maximum absolute atomic E-state index is 13.2. The number of hydrogen-bond acceptors (Lipinski definition) is 3. The fourth-order valence-corrected chi connectivity index (χ4v) is 4.90. The van der Waals surface area contributed by atoms with Gasteiger partial charge < -0.3 is 4.74 Å². The Bertz CT molecular complexity index is 644. The Kier molecular flexibility index (Phi) is 4.07. The average molecular weight is 326 g/mol. The van der Waals surface area contributed by atoms with Crippen molar-refractivity contribution < 1.29 is 9.53 Å². The van der Waals surface area contributed by atoms with Gasteiger partial charge in [-0.1, -0.05) is 25.7 Å². The first-order valence-corrected chi connectivity index (χ1v) is 9.30. The van der Waals surface area contributed by atoms with Crippen LogP contribution in [0.1, 0.15) is 68.1 Å². The smallest absolute Gasteiger partial charge is 0.274 e. The second kappa shape index (κ2) is 6.23. The Labute approximate surface area is 143 Å². The largest absolute Gasteiger partial charge is 0.497 e. The van der Waals surface area contributed by atoms with Crippen LogP contribution in [0.15, 0.2) is 29.4 Å². The highest BCUT2D eigenvalue weighted by atomic mass is 16.5. The van der Waals surface area contributed by atoms with Crippen molar-refractivity contribution in [2.45, 2.75) is 63.3 Å². The third-order valence-corrected chi connectivity index (χ3v) is 6.13. The molecule has 0 N–H and O–H groups in total. The van der Waals surface area contributed by atoms with Crippen LogP contribution in [-0.4, -0.2) is 29.3 Å². The molecule has 2 aliphatic carbocycles. The van der Waals surface area contributed by atoms with Gasteiger partial charge in [-0.2, -0.15) is 5.10 Å². The number of fused-ring (bicyclic) bond motifs is 2. The van der Waals surface area contributed by atoms with Gasteiger partial charge >= 0.3 is 0 Å². The van der Waals surface area contributed by atoms with E-state index in [9.17, 15) is 4.79 Å². The fourth-order valence-electron chi connectivity index (χ4n) is 4.90. The molecule has 1 spiro atoms. The van der Waals surface area contributed by atoms with Gasteiger partial charge in [-0.25, -0.2) is 5.01 Å². The first-order chi connectivity index (χ1) is 11.7. The van der Waals surface area contributed by atoms with Gasteiger partial charge in [0.1, 0.15) is 5.75 Å². The monoisotopic (exact) mass is 326 g/mol. The molecule has 0 radical (unpaired) electrons. The van der Waals surface area contributed by atoms with Crippen molar-refractivity contribution in [1.82, 2.24) is 5.01 Å². The normalized spacial score (nSPS) is 25.3. The third kappa shape index (κ3) is 2.43. The van der Waals surface area contributed by atoms with E-state index in [2.05, 4.69) is 0 Å². The maximum atomic E-state index is 13.2. The summed E-state index contributed by atoms with van der Waals surface area (Å²) in [5, 5.41) is 6.76. The minimum atomic E-state index is -0.0506. The van der Waals surface area contributed by atoms with Crippen molar-refractivity contribution >= 4 is 11.6 Å². The van der Waals surface area contributed by atoms with Gasteiger partial charge in [-0.05, 0) is 56.4 Å². The molecule has 0 bridgehead atoms. The maximum Gasteiger partial charge on any atom is 0.274 e. The van der Waals surface area contributed by atoms with Crippen LogP contribution in [0.2, 0.25) is 0 Å². The average Bonchev–Trinajstić information content (AvgIpc) is 2.96. The predicted molar refractivity (Wildman–Crippen MR) is 94.4 cm³/mol. The number of methoxy groups -OCH3 is 1. The highest BCUT2D eigenvalue weighted by Gasteiger charge is 2.53. The zero-order valence-electron chi connectivity index (χ0n) is 14.5. The molecule has 1 heterocycles. The van der Waals surface area contributed by atoms with Gasteiger partial charge in [0.25, 0.3) is 5.91 Å².